The van der Waals surface area contributed by atoms with Crippen molar-refractivity contribution in [2.24, 2.45) is 0 Å². The van der Waals surface area contributed by atoms with E-state index in [1.165, 1.54) is 5.56 Å². The third-order valence-corrected chi connectivity index (χ3v) is 4.26. The Labute approximate surface area is 127 Å². The fraction of sp³-hybridized carbons (Fsp3) is 0.125. The summed E-state index contributed by atoms with van der Waals surface area (Å²) in [6.07, 6.45) is 4.69. The zero-order valence-corrected chi connectivity index (χ0v) is 12.6. The summed E-state index contributed by atoms with van der Waals surface area (Å²) in [6, 6.07) is 9.82. The topological polar surface area (TPSA) is 25.8 Å². The lowest BCUT2D eigenvalue weighted by Gasteiger charge is -2.03. The first kappa shape index (κ1) is 13.3. The molecule has 0 amide bonds. The van der Waals surface area contributed by atoms with Gasteiger partial charge in [-0.15, -0.1) is 11.3 Å². The lowest BCUT2D eigenvalue weighted by molar-refractivity contribution is 1.12. The van der Waals surface area contributed by atoms with Crippen LogP contribution in [0.3, 0.4) is 0 Å². The third-order valence-electron chi connectivity index (χ3n) is 3.15. The molecule has 2 heterocycles. The standard InChI is InChI=1S/C16H13ClN2S/c1-2-11-6-7-18-9-14(11)16-19-15(10-20-16)12-4-3-5-13(17)8-12/h3-10H,2H2,1H3. The van der Waals surface area contributed by atoms with Gasteiger partial charge in [0, 0.05) is 33.9 Å². The maximum absolute atomic E-state index is 6.03. The molecular weight excluding hydrogens is 288 g/mol. The number of aromatic nitrogens is 2. The summed E-state index contributed by atoms with van der Waals surface area (Å²) in [5, 5.41) is 3.80. The van der Waals surface area contributed by atoms with Gasteiger partial charge in [0.2, 0.25) is 0 Å². The van der Waals surface area contributed by atoms with E-state index in [2.05, 4.69) is 23.4 Å². The van der Waals surface area contributed by atoms with Crippen molar-refractivity contribution in [1.29, 1.82) is 0 Å². The Bertz CT molecular complexity index is 737. The fourth-order valence-corrected chi connectivity index (χ4v) is 3.17. The highest BCUT2D eigenvalue weighted by Crippen LogP contribution is 2.31. The van der Waals surface area contributed by atoms with E-state index in [1.807, 2.05) is 36.7 Å². The van der Waals surface area contributed by atoms with Crippen LogP contribution in [0.15, 0.2) is 48.1 Å². The van der Waals surface area contributed by atoms with E-state index in [4.69, 9.17) is 16.6 Å². The van der Waals surface area contributed by atoms with Crippen LogP contribution in [0.2, 0.25) is 5.02 Å². The molecule has 0 saturated carbocycles. The molecule has 2 nitrogen and oxygen atoms in total. The molecule has 0 aliphatic rings. The second-order valence-electron chi connectivity index (χ2n) is 4.43. The smallest absolute Gasteiger partial charge is 0.125 e. The Morgan fingerprint density at radius 3 is 2.95 bits per heavy atom. The first-order chi connectivity index (χ1) is 9.78. The average molecular weight is 301 g/mol. The van der Waals surface area contributed by atoms with Gasteiger partial charge in [-0.1, -0.05) is 30.7 Å². The number of pyridine rings is 1. The minimum absolute atomic E-state index is 0.729. The minimum Gasteiger partial charge on any atom is -0.264 e. The number of aryl methyl sites for hydroxylation is 1. The number of rotatable bonds is 3. The summed E-state index contributed by atoms with van der Waals surface area (Å²) in [5.74, 6) is 0. The number of hydrogen-bond acceptors (Lipinski definition) is 3. The van der Waals surface area contributed by atoms with Crippen LogP contribution < -0.4 is 0 Å². The zero-order valence-electron chi connectivity index (χ0n) is 11.0. The molecule has 0 aliphatic heterocycles. The van der Waals surface area contributed by atoms with Crippen LogP contribution in [0.1, 0.15) is 12.5 Å². The Hall–Kier alpha value is -1.71. The number of thiazole rings is 1. The summed E-state index contributed by atoms with van der Waals surface area (Å²) < 4.78 is 0. The van der Waals surface area contributed by atoms with Crippen LogP contribution >= 0.6 is 22.9 Å². The van der Waals surface area contributed by atoms with Crippen molar-refractivity contribution in [3.63, 3.8) is 0 Å². The van der Waals surface area contributed by atoms with Gasteiger partial charge in [0.05, 0.1) is 5.69 Å². The Balaban J connectivity index is 2.02. The van der Waals surface area contributed by atoms with Gasteiger partial charge in [-0.05, 0) is 30.2 Å². The van der Waals surface area contributed by atoms with Crippen molar-refractivity contribution >= 4 is 22.9 Å². The SMILES string of the molecule is CCc1ccncc1-c1nc(-c2cccc(Cl)c2)cs1. The Morgan fingerprint density at radius 2 is 2.15 bits per heavy atom. The van der Waals surface area contributed by atoms with Crippen LogP contribution in [0.5, 0.6) is 0 Å². The molecule has 0 aliphatic carbocycles. The highest BCUT2D eigenvalue weighted by Gasteiger charge is 2.10. The van der Waals surface area contributed by atoms with Crippen molar-refractivity contribution in [3.05, 3.63) is 58.7 Å². The molecule has 0 fully saturated rings. The van der Waals surface area contributed by atoms with Crippen molar-refractivity contribution in [1.82, 2.24) is 9.97 Å². The Morgan fingerprint density at radius 1 is 1.25 bits per heavy atom. The van der Waals surface area contributed by atoms with Crippen LogP contribution in [-0.2, 0) is 6.42 Å². The molecule has 4 heteroatoms. The normalized spacial score (nSPS) is 10.7. The maximum Gasteiger partial charge on any atom is 0.125 e. The van der Waals surface area contributed by atoms with E-state index in [1.54, 1.807) is 11.3 Å². The van der Waals surface area contributed by atoms with Crippen LogP contribution in [0, 0.1) is 0 Å². The van der Waals surface area contributed by atoms with E-state index < -0.39 is 0 Å². The van der Waals surface area contributed by atoms with Gasteiger partial charge in [-0.3, -0.25) is 4.98 Å². The average Bonchev–Trinajstić information content (AvgIpc) is 2.97. The molecule has 0 bridgehead atoms. The van der Waals surface area contributed by atoms with Gasteiger partial charge in [0.15, 0.2) is 0 Å². The number of benzene rings is 1. The molecule has 1 aromatic carbocycles. The van der Waals surface area contributed by atoms with Crippen LogP contribution in [0.25, 0.3) is 21.8 Å². The molecule has 3 aromatic rings. The van der Waals surface area contributed by atoms with E-state index >= 15 is 0 Å². The summed E-state index contributed by atoms with van der Waals surface area (Å²) >= 11 is 7.67. The Kier molecular flexibility index (Phi) is 3.81. The van der Waals surface area contributed by atoms with Gasteiger partial charge in [-0.25, -0.2) is 4.98 Å². The molecule has 0 unspecified atom stereocenters. The van der Waals surface area contributed by atoms with Crippen LogP contribution in [0.4, 0.5) is 0 Å². The molecule has 0 radical (unpaired) electrons. The first-order valence-electron chi connectivity index (χ1n) is 6.42. The molecule has 0 saturated heterocycles. The van der Waals surface area contributed by atoms with Crippen molar-refractivity contribution in [3.8, 4) is 21.8 Å². The second kappa shape index (κ2) is 5.73. The predicted octanol–water partition coefficient (Wildman–Crippen LogP) is 5.09. The van der Waals surface area contributed by atoms with Gasteiger partial charge in [-0.2, -0.15) is 0 Å². The molecule has 20 heavy (non-hydrogen) atoms. The van der Waals surface area contributed by atoms with Gasteiger partial charge >= 0.3 is 0 Å². The van der Waals surface area contributed by atoms with Crippen molar-refractivity contribution in [2.45, 2.75) is 13.3 Å². The third kappa shape index (κ3) is 2.60. The number of halogens is 1. The molecule has 0 N–H and O–H groups in total. The fourth-order valence-electron chi connectivity index (χ4n) is 2.10. The van der Waals surface area contributed by atoms with Crippen LogP contribution in [-0.4, -0.2) is 9.97 Å². The number of hydrogen-bond donors (Lipinski definition) is 0. The first-order valence-corrected chi connectivity index (χ1v) is 7.68. The van der Waals surface area contributed by atoms with E-state index in [0.717, 1.165) is 33.3 Å². The summed E-state index contributed by atoms with van der Waals surface area (Å²) in [7, 11) is 0. The van der Waals surface area contributed by atoms with Crippen molar-refractivity contribution < 1.29 is 0 Å². The maximum atomic E-state index is 6.03. The highest BCUT2D eigenvalue weighted by molar-refractivity contribution is 7.13. The minimum atomic E-state index is 0.729. The van der Waals surface area contributed by atoms with E-state index in [9.17, 15) is 0 Å². The quantitative estimate of drug-likeness (QED) is 0.673. The predicted molar refractivity (Wildman–Crippen MR) is 85.2 cm³/mol. The van der Waals surface area contributed by atoms with Gasteiger partial charge < -0.3 is 0 Å². The van der Waals surface area contributed by atoms with Crippen molar-refractivity contribution in [2.75, 3.05) is 0 Å². The zero-order chi connectivity index (χ0) is 13.9. The lowest BCUT2D eigenvalue weighted by Crippen LogP contribution is -1.88. The molecule has 0 atom stereocenters. The summed E-state index contributed by atoms with van der Waals surface area (Å²) in [6.45, 7) is 2.14. The summed E-state index contributed by atoms with van der Waals surface area (Å²) in [5.41, 5.74) is 4.39. The largest absolute Gasteiger partial charge is 0.264 e. The summed E-state index contributed by atoms with van der Waals surface area (Å²) in [4.78, 5) is 8.93. The van der Waals surface area contributed by atoms with E-state index in [-0.39, 0.29) is 0 Å². The molecule has 100 valence electrons. The van der Waals surface area contributed by atoms with Gasteiger partial charge in [0.1, 0.15) is 5.01 Å². The number of nitrogens with zero attached hydrogens (tertiary/aromatic N) is 2. The molecule has 2 aromatic heterocycles. The van der Waals surface area contributed by atoms with Gasteiger partial charge in [0.25, 0.3) is 0 Å². The molecule has 3 rings (SSSR count). The second-order valence-corrected chi connectivity index (χ2v) is 5.73. The highest BCUT2D eigenvalue weighted by atomic mass is 35.5. The molecular formula is C16H13ClN2S. The lowest BCUT2D eigenvalue weighted by atomic mass is 10.1. The van der Waals surface area contributed by atoms with E-state index in [0.29, 0.717) is 0 Å². The molecule has 0 spiro atoms. The monoisotopic (exact) mass is 300 g/mol.